The molecule has 2 heterocycles. The number of H-pyrrole nitrogens is 1. The van der Waals surface area contributed by atoms with Gasteiger partial charge in [0.25, 0.3) is 5.56 Å². The van der Waals surface area contributed by atoms with Crippen LogP contribution in [-0.4, -0.2) is 37.0 Å². The Kier molecular flexibility index (Phi) is 5.68. The van der Waals surface area contributed by atoms with E-state index in [1.807, 2.05) is 31.2 Å². The summed E-state index contributed by atoms with van der Waals surface area (Å²) in [5.74, 6) is 0.205. The smallest absolute Gasteiger partial charge is 0.266 e. The maximum Gasteiger partial charge on any atom is 0.266 e. The molecule has 0 bridgehead atoms. The van der Waals surface area contributed by atoms with Crippen molar-refractivity contribution in [3.05, 3.63) is 76.1 Å². The number of nitrogens with one attached hydrogen (secondary N) is 2. The number of benzene rings is 2. The maximum absolute atomic E-state index is 12.5. The Hall–Kier alpha value is -3.72. The fourth-order valence-corrected chi connectivity index (χ4v) is 3.82. The Bertz CT molecular complexity index is 1360. The average Bonchev–Trinajstić information content (AvgIpc) is 3.12. The zero-order valence-corrected chi connectivity index (χ0v) is 17.7. The lowest BCUT2D eigenvalue weighted by Gasteiger charge is -2.09. The van der Waals surface area contributed by atoms with Gasteiger partial charge in [-0.15, -0.1) is 0 Å². The molecular formula is C22H19N5O3S. The SMILES string of the molecule is CC(=O)c1cccc(NC(=O)CSc2nc(-c3ccccc3C)nc3cc(=O)[nH]n23)c1. The van der Waals surface area contributed by atoms with Gasteiger partial charge in [0.1, 0.15) is 0 Å². The van der Waals surface area contributed by atoms with Crippen molar-refractivity contribution < 1.29 is 9.59 Å². The van der Waals surface area contributed by atoms with Crippen LogP contribution in [0.1, 0.15) is 22.8 Å². The van der Waals surface area contributed by atoms with Crippen molar-refractivity contribution >= 4 is 34.8 Å². The number of hydrogen-bond donors (Lipinski definition) is 2. The first-order chi connectivity index (χ1) is 14.9. The molecule has 156 valence electrons. The van der Waals surface area contributed by atoms with Gasteiger partial charge < -0.3 is 5.32 Å². The Morgan fingerprint density at radius 3 is 2.68 bits per heavy atom. The summed E-state index contributed by atoms with van der Waals surface area (Å²) in [7, 11) is 0. The number of carbonyl (C=O) groups is 2. The zero-order chi connectivity index (χ0) is 22.0. The number of aromatic nitrogens is 4. The summed E-state index contributed by atoms with van der Waals surface area (Å²) in [4.78, 5) is 44.9. The molecule has 8 nitrogen and oxygen atoms in total. The van der Waals surface area contributed by atoms with Crippen LogP contribution >= 0.6 is 11.8 Å². The van der Waals surface area contributed by atoms with Crippen molar-refractivity contribution in [3.63, 3.8) is 0 Å². The summed E-state index contributed by atoms with van der Waals surface area (Å²) in [6.45, 7) is 3.43. The highest BCUT2D eigenvalue weighted by molar-refractivity contribution is 7.99. The Balaban J connectivity index is 1.58. The van der Waals surface area contributed by atoms with Gasteiger partial charge in [-0.2, -0.15) is 0 Å². The van der Waals surface area contributed by atoms with Gasteiger partial charge in [0, 0.05) is 22.9 Å². The predicted octanol–water partition coefficient (Wildman–Crippen LogP) is 3.33. The summed E-state index contributed by atoms with van der Waals surface area (Å²) in [5, 5.41) is 5.88. The standard InChI is InChI=1S/C22H19N5O3S/c1-13-6-3-4-9-17(13)21-24-18-11-19(29)26-27(18)22(25-21)31-12-20(30)23-16-8-5-7-15(10-16)14(2)28/h3-11H,12H2,1-2H3,(H,23,30)(H,26,29). The molecule has 0 fully saturated rings. The number of nitrogens with zero attached hydrogens (tertiary/aromatic N) is 3. The quantitative estimate of drug-likeness (QED) is 0.357. The summed E-state index contributed by atoms with van der Waals surface area (Å²) < 4.78 is 1.47. The number of fused-ring (bicyclic) bond motifs is 1. The second-order valence-electron chi connectivity index (χ2n) is 6.93. The number of aromatic amines is 1. The number of anilines is 1. The van der Waals surface area contributed by atoms with Gasteiger partial charge in [0.2, 0.25) is 5.91 Å². The van der Waals surface area contributed by atoms with Crippen LogP contribution in [-0.2, 0) is 4.79 Å². The number of thioether (sulfide) groups is 1. The van der Waals surface area contributed by atoms with Crippen molar-refractivity contribution in [2.24, 2.45) is 0 Å². The summed E-state index contributed by atoms with van der Waals surface area (Å²) in [6.07, 6.45) is 0. The first-order valence-electron chi connectivity index (χ1n) is 9.50. The van der Waals surface area contributed by atoms with E-state index in [-0.39, 0.29) is 23.0 Å². The number of aryl methyl sites for hydroxylation is 1. The maximum atomic E-state index is 12.5. The molecule has 0 aliphatic carbocycles. The highest BCUT2D eigenvalue weighted by atomic mass is 32.2. The van der Waals surface area contributed by atoms with Crippen LogP contribution in [0.4, 0.5) is 5.69 Å². The first-order valence-corrected chi connectivity index (χ1v) is 10.5. The van der Waals surface area contributed by atoms with Crippen LogP contribution in [0.2, 0.25) is 0 Å². The molecule has 0 aliphatic heterocycles. The topological polar surface area (TPSA) is 109 Å². The highest BCUT2D eigenvalue weighted by Crippen LogP contribution is 2.24. The number of ketones is 1. The summed E-state index contributed by atoms with van der Waals surface area (Å²) >= 11 is 1.18. The zero-order valence-electron chi connectivity index (χ0n) is 16.9. The van der Waals surface area contributed by atoms with Crippen LogP contribution in [0.15, 0.2) is 64.5 Å². The predicted molar refractivity (Wildman–Crippen MR) is 120 cm³/mol. The minimum atomic E-state index is -0.302. The molecule has 0 saturated heterocycles. The summed E-state index contributed by atoms with van der Waals surface area (Å²) in [6, 6.07) is 15.9. The third kappa shape index (κ3) is 4.56. The molecule has 9 heteroatoms. The van der Waals surface area contributed by atoms with Gasteiger partial charge in [0.15, 0.2) is 22.4 Å². The molecule has 0 spiro atoms. The first kappa shape index (κ1) is 20.5. The minimum absolute atomic E-state index is 0.0594. The van der Waals surface area contributed by atoms with E-state index in [0.717, 1.165) is 11.1 Å². The van der Waals surface area contributed by atoms with E-state index in [9.17, 15) is 14.4 Å². The Labute approximate surface area is 181 Å². The molecule has 0 atom stereocenters. The molecule has 4 rings (SSSR count). The van der Waals surface area contributed by atoms with E-state index in [4.69, 9.17) is 0 Å². The van der Waals surface area contributed by atoms with E-state index in [0.29, 0.717) is 27.9 Å². The molecule has 0 radical (unpaired) electrons. The van der Waals surface area contributed by atoms with E-state index in [1.54, 1.807) is 24.3 Å². The van der Waals surface area contributed by atoms with E-state index >= 15 is 0 Å². The third-order valence-electron chi connectivity index (χ3n) is 4.60. The lowest BCUT2D eigenvalue weighted by Crippen LogP contribution is -2.15. The van der Waals surface area contributed by atoms with Crippen LogP contribution in [0.25, 0.3) is 17.0 Å². The molecule has 2 aromatic heterocycles. The van der Waals surface area contributed by atoms with Gasteiger partial charge >= 0.3 is 0 Å². The molecule has 4 aromatic rings. The number of amides is 1. The Morgan fingerprint density at radius 2 is 1.90 bits per heavy atom. The number of carbonyl (C=O) groups excluding carboxylic acids is 2. The van der Waals surface area contributed by atoms with Crippen molar-refractivity contribution in [1.82, 2.24) is 19.6 Å². The molecular weight excluding hydrogens is 414 g/mol. The monoisotopic (exact) mass is 433 g/mol. The van der Waals surface area contributed by atoms with Crippen molar-refractivity contribution in [2.75, 3.05) is 11.1 Å². The minimum Gasteiger partial charge on any atom is -0.325 e. The largest absolute Gasteiger partial charge is 0.325 e. The Morgan fingerprint density at radius 1 is 1.10 bits per heavy atom. The molecule has 1 amide bonds. The van der Waals surface area contributed by atoms with Gasteiger partial charge in [-0.3, -0.25) is 19.5 Å². The van der Waals surface area contributed by atoms with Crippen molar-refractivity contribution in [1.29, 1.82) is 0 Å². The van der Waals surface area contributed by atoms with Crippen molar-refractivity contribution in [3.8, 4) is 11.4 Å². The van der Waals surface area contributed by atoms with Gasteiger partial charge in [0.05, 0.1) is 5.75 Å². The van der Waals surface area contributed by atoms with Crippen LogP contribution in [0, 0.1) is 6.92 Å². The fraction of sp³-hybridized carbons (Fsp3) is 0.136. The lowest BCUT2D eigenvalue weighted by molar-refractivity contribution is -0.113. The van der Waals surface area contributed by atoms with Crippen LogP contribution < -0.4 is 10.9 Å². The number of hydrogen-bond acceptors (Lipinski definition) is 6. The molecule has 2 N–H and O–H groups in total. The molecule has 2 aromatic carbocycles. The number of Topliss-reactive ketones (excluding diaryl/α,β-unsaturated/α-hetero) is 1. The second kappa shape index (κ2) is 8.57. The van der Waals surface area contributed by atoms with Gasteiger partial charge in [-0.1, -0.05) is 48.2 Å². The molecule has 0 saturated carbocycles. The third-order valence-corrected chi connectivity index (χ3v) is 5.53. The lowest BCUT2D eigenvalue weighted by atomic mass is 10.1. The van der Waals surface area contributed by atoms with Gasteiger partial charge in [-0.25, -0.2) is 14.5 Å². The summed E-state index contributed by atoms with van der Waals surface area (Å²) in [5.41, 5.74) is 3.05. The normalized spacial score (nSPS) is 10.9. The molecule has 0 unspecified atom stereocenters. The average molecular weight is 433 g/mol. The van der Waals surface area contributed by atoms with E-state index in [1.165, 1.54) is 29.3 Å². The molecule has 31 heavy (non-hydrogen) atoms. The second-order valence-corrected chi connectivity index (χ2v) is 7.88. The highest BCUT2D eigenvalue weighted by Gasteiger charge is 2.14. The van der Waals surface area contributed by atoms with Crippen LogP contribution in [0.3, 0.4) is 0 Å². The van der Waals surface area contributed by atoms with E-state index < -0.39 is 0 Å². The fourth-order valence-electron chi connectivity index (χ4n) is 3.07. The van der Waals surface area contributed by atoms with Crippen LogP contribution in [0.5, 0.6) is 0 Å². The molecule has 0 aliphatic rings. The van der Waals surface area contributed by atoms with Crippen molar-refractivity contribution in [2.45, 2.75) is 19.0 Å². The number of rotatable bonds is 6. The van der Waals surface area contributed by atoms with E-state index in [2.05, 4.69) is 20.4 Å². The van der Waals surface area contributed by atoms with Gasteiger partial charge in [-0.05, 0) is 31.5 Å².